The monoisotopic (exact) mass is 318 g/mol. The molecule has 0 saturated heterocycles. The number of carbonyl (C=O) groups is 1. The van der Waals surface area contributed by atoms with E-state index in [9.17, 15) is 14.3 Å². The van der Waals surface area contributed by atoms with Gasteiger partial charge in [0.25, 0.3) is 0 Å². The number of hydrogen-bond donors (Lipinski definition) is 3. The third kappa shape index (κ3) is 4.69. The number of aliphatic hydroxyl groups excluding tert-OH is 1. The summed E-state index contributed by atoms with van der Waals surface area (Å²) in [6.45, 7) is 0.429. The van der Waals surface area contributed by atoms with Gasteiger partial charge in [0.1, 0.15) is 0 Å². The number of halogens is 1. The molecule has 0 aliphatic carbocycles. The Labute approximate surface area is 134 Å². The van der Waals surface area contributed by atoms with Gasteiger partial charge in [-0.3, -0.25) is 0 Å². The second-order valence-corrected chi connectivity index (χ2v) is 4.93. The van der Waals surface area contributed by atoms with E-state index in [2.05, 4.69) is 10.6 Å². The number of urea groups is 1. The van der Waals surface area contributed by atoms with Crippen LogP contribution in [0, 0.1) is 5.82 Å². The van der Waals surface area contributed by atoms with Gasteiger partial charge in [-0.2, -0.15) is 0 Å². The second kappa shape index (κ2) is 8.14. The first-order valence-electron chi connectivity index (χ1n) is 7.15. The highest BCUT2D eigenvalue weighted by atomic mass is 19.1. The quantitative estimate of drug-likeness (QED) is 0.765. The predicted molar refractivity (Wildman–Crippen MR) is 84.4 cm³/mol. The Bertz CT molecular complexity index is 677. The first-order chi connectivity index (χ1) is 11.1. The van der Waals surface area contributed by atoms with Crippen LogP contribution >= 0.6 is 0 Å². The summed E-state index contributed by atoms with van der Waals surface area (Å²) in [7, 11) is 1.40. The minimum atomic E-state index is -0.468. The zero-order valence-electron chi connectivity index (χ0n) is 12.8. The molecule has 0 aliphatic heterocycles. The van der Waals surface area contributed by atoms with Gasteiger partial charge in [-0.1, -0.05) is 30.3 Å². The van der Waals surface area contributed by atoms with Crippen molar-refractivity contribution in [2.24, 2.45) is 0 Å². The van der Waals surface area contributed by atoms with Crippen LogP contribution in [-0.4, -0.2) is 18.2 Å². The Kier molecular flexibility index (Phi) is 5.94. The Morgan fingerprint density at radius 2 is 1.83 bits per heavy atom. The average molecular weight is 318 g/mol. The smallest absolute Gasteiger partial charge is 0.315 e. The molecule has 0 atom stereocenters. The Morgan fingerprint density at radius 1 is 1.13 bits per heavy atom. The van der Waals surface area contributed by atoms with Gasteiger partial charge in [-0.25, -0.2) is 9.18 Å². The fourth-order valence-electron chi connectivity index (χ4n) is 2.12. The number of nitrogens with one attached hydrogen (secondary N) is 2. The molecule has 2 rings (SSSR count). The third-order valence-corrected chi connectivity index (χ3v) is 3.40. The van der Waals surface area contributed by atoms with E-state index in [1.54, 1.807) is 12.1 Å². The van der Waals surface area contributed by atoms with Gasteiger partial charge in [0.05, 0.1) is 13.7 Å². The Morgan fingerprint density at radius 3 is 2.48 bits per heavy atom. The van der Waals surface area contributed by atoms with Gasteiger partial charge < -0.3 is 20.5 Å². The number of amides is 2. The highest BCUT2D eigenvalue weighted by Gasteiger charge is 2.06. The lowest BCUT2D eigenvalue weighted by Gasteiger charge is -2.10. The summed E-state index contributed by atoms with van der Waals surface area (Å²) in [5.41, 5.74) is 2.25. The molecule has 0 spiro atoms. The van der Waals surface area contributed by atoms with Crippen LogP contribution in [0.3, 0.4) is 0 Å². The number of aliphatic hydroxyl groups is 1. The van der Waals surface area contributed by atoms with E-state index >= 15 is 0 Å². The summed E-state index contributed by atoms with van der Waals surface area (Å²) in [6, 6.07) is 11.5. The maximum Gasteiger partial charge on any atom is 0.315 e. The largest absolute Gasteiger partial charge is 0.494 e. The lowest BCUT2D eigenvalue weighted by Crippen LogP contribution is -2.34. The standard InChI is InChI=1S/C17H19FN2O3/c1-23-16-7-6-12(8-15(16)18)9-19-17(22)20-10-13-4-2-3-5-14(13)11-21/h2-8,21H,9-11H2,1H3,(H2,19,20,22). The summed E-state index contributed by atoms with van der Waals surface area (Å²) >= 11 is 0. The molecule has 0 bridgehead atoms. The topological polar surface area (TPSA) is 70.6 Å². The molecule has 0 unspecified atom stereocenters. The van der Waals surface area contributed by atoms with E-state index in [0.717, 1.165) is 11.1 Å². The molecule has 6 heteroatoms. The number of hydrogen-bond acceptors (Lipinski definition) is 3. The maximum absolute atomic E-state index is 13.6. The molecule has 0 aliphatic rings. The van der Waals surface area contributed by atoms with Gasteiger partial charge in [-0.05, 0) is 28.8 Å². The Balaban J connectivity index is 1.84. The van der Waals surface area contributed by atoms with Crippen LogP contribution < -0.4 is 15.4 Å². The molecule has 2 aromatic rings. The fourth-order valence-corrected chi connectivity index (χ4v) is 2.12. The minimum absolute atomic E-state index is 0.0788. The Hall–Kier alpha value is -2.60. The van der Waals surface area contributed by atoms with Crippen molar-refractivity contribution in [3.63, 3.8) is 0 Å². The van der Waals surface area contributed by atoms with Crippen LogP contribution in [0.5, 0.6) is 5.75 Å². The van der Waals surface area contributed by atoms with Crippen molar-refractivity contribution in [1.82, 2.24) is 10.6 Å². The van der Waals surface area contributed by atoms with Crippen LogP contribution in [0.2, 0.25) is 0 Å². The third-order valence-electron chi connectivity index (χ3n) is 3.40. The molecule has 5 nitrogen and oxygen atoms in total. The molecule has 122 valence electrons. The molecule has 0 fully saturated rings. The summed E-state index contributed by atoms with van der Waals surface area (Å²) < 4.78 is 18.4. The number of rotatable bonds is 6. The SMILES string of the molecule is COc1ccc(CNC(=O)NCc2ccccc2CO)cc1F. The molecule has 2 amide bonds. The lowest BCUT2D eigenvalue weighted by molar-refractivity contribution is 0.239. The van der Waals surface area contributed by atoms with Gasteiger partial charge in [0, 0.05) is 13.1 Å². The van der Waals surface area contributed by atoms with E-state index in [0.29, 0.717) is 12.1 Å². The van der Waals surface area contributed by atoms with E-state index in [4.69, 9.17) is 4.74 Å². The zero-order valence-corrected chi connectivity index (χ0v) is 12.8. The van der Waals surface area contributed by atoms with Crippen molar-refractivity contribution in [3.05, 3.63) is 65.0 Å². The van der Waals surface area contributed by atoms with E-state index in [1.165, 1.54) is 19.2 Å². The van der Waals surface area contributed by atoms with Crippen molar-refractivity contribution in [2.75, 3.05) is 7.11 Å². The van der Waals surface area contributed by atoms with Crippen molar-refractivity contribution in [3.8, 4) is 5.75 Å². The second-order valence-electron chi connectivity index (χ2n) is 4.93. The molecule has 2 aromatic carbocycles. The number of carbonyl (C=O) groups excluding carboxylic acids is 1. The summed E-state index contributed by atoms with van der Waals surface area (Å²) in [5.74, 6) is -0.303. The fraction of sp³-hybridized carbons (Fsp3) is 0.235. The first kappa shape index (κ1) is 16.8. The summed E-state index contributed by atoms with van der Waals surface area (Å²) in [4.78, 5) is 11.8. The molecular formula is C17H19FN2O3. The van der Waals surface area contributed by atoms with Crippen LogP contribution in [0.1, 0.15) is 16.7 Å². The van der Waals surface area contributed by atoms with Crippen molar-refractivity contribution in [1.29, 1.82) is 0 Å². The average Bonchev–Trinajstić information content (AvgIpc) is 2.58. The molecule has 0 heterocycles. The number of benzene rings is 2. The highest BCUT2D eigenvalue weighted by molar-refractivity contribution is 5.73. The zero-order chi connectivity index (χ0) is 16.7. The molecular weight excluding hydrogens is 299 g/mol. The van der Waals surface area contributed by atoms with Crippen LogP contribution in [-0.2, 0) is 19.7 Å². The molecule has 0 radical (unpaired) electrons. The first-order valence-corrected chi connectivity index (χ1v) is 7.15. The van der Waals surface area contributed by atoms with Gasteiger partial charge in [-0.15, -0.1) is 0 Å². The van der Waals surface area contributed by atoms with E-state index < -0.39 is 5.82 Å². The highest BCUT2D eigenvalue weighted by Crippen LogP contribution is 2.17. The van der Waals surface area contributed by atoms with Crippen LogP contribution in [0.15, 0.2) is 42.5 Å². The molecule has 0 saturated carbocycles. The van der Waals surface area contributed by atoms with E-state index in [1.807, 2.05) is 18.2 Å². The minimum Gasteiger partial charge on any atom is -0.494 e. The summed E-state index contributed by atoms with van der Waals surface area (Å²) in [6.07, 6.45) is 0. The molecule has 3 N–H and O–H groups in total. The molecule has 0 aromatic heterocycles. The molecule has 23 heavy (non-hydrogen) atoms. The summed E-state index contributed by atoms with van der Waals surface area (Å²) in [5, 5.41) is 14.6. The van der Waals surface area contributed by atoms with Gasteiger partial charge in [0.15, 0.2) is 11.6 Å². The lowest BCUT2D eigenvalue weighted by atomic mass is 10.1. The predicted octanol–water partition coefficient (Wildman–Crippen LogP) is 2.33. The van der Waals surface area contributed by atoms with Crippen molar-refractivity contribution >= 4 is 6.03 Å². The van der Waals surface area contributed by atoms with Crippen LogP contribution in [0.25, 0.3) is 0 Å². The number of ether oxygens (including phenoxy) is 1. The van der Waals surface area contributed by atoms with Crippen molar-refractivity contribution < 1.29 is 19.0 Å². The van der Waals surface area contributed by atoms with E-state index in [-0.39, 0.29) is 24.9 Å². The normalized spacial score (nSPS) is 10.2. The van der Waals surface area contributed by atoms with Crippen molar-refractivity contribution in [2.45, 2.75) is 19.7 Å². The van der Waals surface area contributed by atoms with Gasteiger partial charge >= 0.3 is 6.03 Å². The van der Waals surface area contributed by atoms with Crippen LogP contribution in [0.4, 0.5) is 9.18 Å². The van der Waals surface area contributed by atoms with Gasteiger partial charge in [0.2, 0.25) is 0 Å². The maximum atomic E-state index is 13.6. The number of methoxy groups -OCH3 is 1.